The first-order valence-corrected chi connectivity index (χ1v) is 7.33. The zero-order chi connectivity index (χ0) is 15.9. The molecule has 0 atom stereocenters. The van der Waals surface area contributed by atoms with E-state index in [-0.39, 0.29) is 30.7 Å². The fraction of sp³-hybridized carbons (Fsp3) is 0.294. The van der Waals surface area contributed by atoms with Crippen LogP contribution in [0.5, 0.6) is 0 Å². The van der Waals surface area contributed by atoms with Crippen LogP contribution in [0.1, 0.15) is 16.8 Å². The summed E-state index contributed by atoms with van der Waals surface area (Å²) in [5, 5.41) is 2.84. The maximum absolute atomic E-state index is 12.0. The van der Waals surface area contributed by atoms with Gasteiger partial charge in [0.2, 0.25) is 0 Å². The Kier molecular flexibility index (Phi) is 10.0. The van der Waals surface area contributed by atoms with Crippen molar-refractivity contribution in [2.45, 2.75) is 6.42 Å². The van der Waals surface area contributed by atoms with Crippen molar-refractivity contribution in [3.8, 4) is 11.1 Å². The molecular formula is C17H24Cl2N4O. The fourth-order valence-electron chi connectivity index (χ4n) is 2.08. The molecule has 24 heavy (non-hydrogen) atoms. The lowest BCUT2D eigenvalue weighted by molar-refractivity contribution is 0.0953. The Labute approximate surface area is 155 Å². The number of hydrogen-bond donors (Lipinski definition) is 2. The van der Waals surface area contributed by atoms with Crippen LogP contribution < -0.4 is 16.0 Å². The lowest BCUT2D eigenvalue weighted by atomic mass is 10.1. The molecule has 2 rings (SSSR count). The van der Waals surface area contributed by atoms with Crippen LogP contribution in [0.3, 0.4) is 0 Å². The van der Waals surface area contributed by atoms with Gasteiger partial charge in [0.15, 0.2) is 0 Å². The molecule has 132 valence electrons. The smallest absolute Gasteiger partial charge is 0.252 e. The molecule has 0 unspecified atom stereocenters. The molecule has 0 spiro atoms. The Morgan fingerprint density at radius 2 is 1.79 bits per heavy atom. The number of aromatic nitrogens is 1. The normalized spacial score (nSPS) is 9.46. The number of anilines is 1. The molecule has 0 saturated carbocycles. The van der Waals surface area contributed by atoms with Crippen molar-refractivity contribution in [1.82, 2.24) is 10.3 Å². The quantitative estimate of drug-likeness (QED) is 0.766. The van der Waals surface area contributed by atoms with E-state index in [0.29, 0.717) is 18.7 Å². The average Bonchev–Trinajstić information content (AvgIpc) is 2.55. The highest BCUT2D eigenvalue weighted by atomic mass is 35.5. The summed E-state index contributed by atoms with van der Waals surface area (Å²) in [5.74, 6) is -0.118. The summed E-state index contributed by atoms with van der Waals surface area (Å²) in [6.07, 6.45) is 4.11. The lowest BCUT2D eigenvalue weighted by Gasteiger charge is -2.13. The van der Waals surface area contributed by atoms with Crippen LogP contribution in [-0.2, 0) is 0 Å². The highest BCUT2D eigenvalue weighted by molar-refractivity contribution is 5.95. The van der Waals surface area contributed by atoms with Gasteiger partial charge in [-0.25, -0.2) is 0 Å². The minimum absolute atomic E-state index is 0. The number of nitrogens with one attached hydrogen (secondary N) is 1. The number of benzene rings is 1. The lowest BCUT2D eigenvalue weighted by Crippen LogP contribution is -2.26. The van der Waals surface area contributed by atoms with Gasteiger partial charge in [0.05, 0.1) is 5.56 Å². The zero-order valence-electron chi connectivity index (χ0n) is 13.9. The fourth-order valence-corrected chi connectivity index (χ4v) is 2.08. The first-order chi connectivity index (χ1) is 10.6. The van der Waals surface area contributed by atoms with Gasteiger partial charge in [-0.05, 0) is 36.7 Å². The Balaban J connectivity index is 0.00000264. The summed E-state index contributed by atoms with van der Waals surface area (Å²) in [7, 11) is 4.01. The van der Waals surface area contributed by atoms with Crippen molar-refractivity contribution in [3.05, 3.63) is 48.3 Å². The second-order valence-electron chi connectivity index (χ2n) is 5.30. The van der Waals surface area contributed by atoms with Gasteiger partial charge >= 0.3 is 0 Å². The Bertz CT molecular complexity index is 633. The van der Waals surface area contributed by atoms with E-state index in [0.717, 1.165) is 23.2 Å². The van der Waals surface area contributed by atoms with Crippen molar-refractivity contribution >= 4 is 36.4 Å². The van der Waals surface area contributed by atoms with E-state index in [1.807, 2.05) is 49.3 Å². The molecule has 1 amide bonds. The van der Waals surface area contributed by atoms with Gasteiger partial charge < -0.3 is 16.0 Å². The third-order valence-corrected chi connectivity index (χ3v) is 3.38. The molecule has 0 aliphatic carbocycles. The van der Waals surface area contributed by atoms with Crippen LogP contribution in [0.25, 0.3) is 11.1 Å². The van der Waals surface area contributed by atoms with Crippen molar-refractivity contribution in [2.24, 2.45) is 5.73 Å². The Morgan fingerprint density at radius 1 is 1.12 bits per heavy atom. The molecule has 0 aliphatic heterocycles. The first-order valence-electron chi connectivity index (χ1n) is 7.33. The summed E-state index contributed by atoms with van der Waals surface area (Å²) in [6, 6.07) is 10.0. The number of halogens is 2. The predicted octanol–water partition coefficient (Wildman–Crippen LogP) is 2.74. The molecular weight excluding hydrogens is 347 g/mol. The van der Waals surface area contributed by atoms with Gasteiger partial charge in [-0.15, -0.1) is 24.8 Å². The van der Waals surface area contributed by atoms with Gasteiger partial charge in [0, 0.05) is 44.3 Å². The van der Waals surface area contributed by atoms with Gasteiger partial charge in [-0.2, -0.15) is 0 Å². The highest BCUT2D eigenvalue weighted by Crippen LogP contribution is 2.22. The molecule has 5 nitrogen and oxygen atoms in total. The number of amides is 1. The molecule has 7 heteroatoms. The van der Waals surface area contributed by atoms with E-state index in [4.69, 9.17) is 5.73 Å². The van der Waals surface area contributed by atoms with Gasteiger partial charge in [-0.1, -0.05) is 12.1 Å². The van der Waals surface area contributed by atoms with Crippen LogP contribution in [-0.4, -0.2) is 38.1 Å². The van der Waals surface area contributed by atoms with Crippen LogP contribution in [0.2, 0.25) is 0 Å². The molecule has 1 aromatic carbocycles. The molecule has 2 aromatic rings. The zero-order valence-corrected chi connectivity index (χ0v) is 15.5. The van der Waals surface area contributed by atoms with Gasteiger partial charge in [0.1, 0.15) is 0 Å². The van der Waals surface area contributed by atoms with E-state index in [1.54, 1.807) is 12.4 Å². The van der Waals surface area contributed by atoms with Crippen LogP contribution >= 0.6 is 24.8 Å². The monoisotopic (exact) mass is 370 g/mol. The van der Waals surface area contributed by atoms with E-state index >= 15 is 0 Å². The molecule has 0 radical (unpaired) electrons. The third-order valence-electron chi connectivity index (χ3n) is 3.38. The van der Waals surface area contributed by atoms with Crippen molar-refractivity contribution in [2.75, 3.05) is 32.1 Å². The number of nitrogens with two attached hydrogens (primary N) is 1. The van der Waals surface area contributed by atoms with Crippen molar-refractivity contribution in [3.63, 3.8) is 0 Å². The Morgan fingerprint density at radius 3 is 2.38 bits per heavy atom. The Hall–Kier alpha value is -1.82. The maximum Gasteiger partial charge on any atom is 0.252 e. The summed E-state index contributed by atoms with van der Waals surface area (Å²) in [6.45, 7) is 1.15. The van der Waals surface area contributed by atoms with Crippen LogP contribution in [0, 0.1) is 0 Å². The van der Waals surface area contributed by atoms with E-state index < -0.39 is 0 Å². The second-order valence-corrected chi connectivity index (χ2v) is 5.30. The average molecular weight is 371 g/mol. The first kappa shape index (κ1) is 22.2. The largest absolute Gasteiger partial charge is 0.378 e. The summed E-state index contributed by atoms with van der Waals surface area (Å²) >= 11 is 0. The minimum Gasteiger partial charge on any atom is -0.378 e. The molecule has 0 bridgehead atoms. The number of hydrogen-bond acceptors (Lipinski definition) is 4. The number of carbonyl (C=O) groups excluding carboxylic acids is 1. The standard InChI is InChI=1S/C17H22N4O.2ClH/c1-21(2)16-6-4-13(5-7-16)14-10-15(12-19-11-14)17(22)20-9-3-8-18;;/h4-7,10-12H,3,8-9,18H2,1-2H3,(H,20,22);2*1H. The highest BCUT2D eigenvalue weighted by Gasteiger charge is 2.07. The summed E-state index contributed by atoms with van der Waals surface area (Å²) in [5.41, 5.74) is 9.08. The number of pyridine rings is 1. The maximum atomic E-state index is 12.0. The van der Waals surface area contributed by atoms with Crippen molar-refractivity contribution in [1.29, 1.82) is 0 Å². The van der Waals surface area contributed by atoms with Gasteiger partial charge in [-0.3, -0.25) is 9.78 Å². The minimum atomic E-state index is -0.118. The molecule has 0 aliphatic rings. The summed E-state index contributed by atoms with van der Waals surface area (Å²) in [4.78, 5) is 18.3. The topological polar surface area (TPSA) is 71.2 Å². The van der Waals surface area contributed by atoms with Crippen molar-refractivity contribution < 1.29 is 4.79 Å². The SMILES string of the molecule is CN(C)c1ccc(-c2cncc(C(=O)NCCCN)c2)cc1.Cl.Cl. The van der Waals surface area contributed by atoms with E-state index in [2.05, 4.69) is 10.3 Å². The van der Waals surface area contributed by atoms with E-state index in [1.165, 1.54) is 0 Å². The molecule has 0 fully saturated rings. The second kappa shape index (κ2) is 10.9. The molecule has 3 N–H and O–H groups in total. The molecule has 0 saturated heterocycles. The van der Waals surface area contributed by atoms with Crippen LogP contribution in [0.4, 0.5) is 5.69 Å². The number of carbonyl (C=O) groups is 1. The summed E-state index contributed by atoms with van der Waals surface area (Å²) < 4.78 is 0. The molecule has 1 aromatic heterocycles. The molecule has 1 heterocycles. The van der Waals surface area contributed by atoms with Gasteiger partial charge in [0.25, 0.3) is 5.91 Å². The van der Waals surface area contributed by atoms with Crippen LogP contribution in [0.15, 0.2) is 42.7 Å². The number of nitrogens with zero attached hydrogens (tertiary/aromatic N) is 2. The van der Waals surface area contributed by atoms with E-state index in [9.17, 15) is 4.79 Å². The third kappa shape index (κ3) is 6.00. The number of rotatable bonds is 6. The predicted molar refractivity (Wildman–Crippen MR) is 105 cm³/mol.